The van der Waals surface area contributed by atoms with Gasteiger partial charge in [-0.05, 0) is 61.4 Å². The molecule has 3 heterocycles. The fraction of sp³-hybridized carbons (Fsp3) is 0.478. The molecule has 154 valence electrons. The first-order chi connectivity index (χ1) is 14.2. The van der Waals surface area contributed by atoms with E-state index >= 15 is 0 Å². The van der Waals surface area contributed by atoms with E-state index in [1.54, 1.807) is 0 Å². The Balaban J connectivity index is 1.28. The summed E-state index contributed by atoms with van der Waals surface area (Å²) in [7, 11) is 0. The molecule has 0 radical (unpaired) electrons. The Kier molecular flexibility index (Phi) is 6.49. The lowest BCUT2D eigenvalue weighted by Crippen LogP contribution is -2.41. The van der Waals surface area contributed by atoms with Gasteiger partial charge in [-0.15, -0.1) is 11.3 Å². The molecule has 0 unspecified atom stereocenters. The summed E-state index contributed by atoms with van der Waals surface area (Å²) in [5.41, 5.74) is 2.09. The van der Waals surface area contributed by atoms with Crippen LogP contribution in [-0.2, 0) is 4.79 Å². The van der Waals surface area contributed by atoms with Gasteiger partial charge >= 0.3 is 0 Å². The molecule has 1 aromatic carbocycles. The van der Waals surface area contributed by atoms with E-state index in [4.69, 9.17) is 0 Å². The van der Waals surface area contributed by atoms with Crippen LogP contribution in [0, 0.1) is 5.92 Å². The zero-order valence-corrected chi connectivity index (χ0v) is 17.6. The van der Waals surface area contributed by atoms with E-state index in [1.807, 2.05) is 34.5 Å². The molecule has 1 N–H and O–H groups in total. The normalized spacial score (nSPS) is 18.3. The van der Waals surface area contributed by atoms with Gasteiger partial charge in [0.25, 0.3) is 5.91 Å². The van der Waals surface area contributed by atoms with Gasteiger partial charge in [0.2, 0.25) is 5.91 Å². The summed E-state index contributed by atoms with van der Waals surface area (Å²) in [6.07, 6.45) is 6.59. The molecule has 1 aromatic heterocycles. The van der Waals surface area contributed by atoms with E-state index in [0.29, 0.717) is 13.1 Å². The highest BCUT2D eigenvalue weighted by molar-refractivity contribution is 7.12. The van der Waals surface area contributed by atoms with Gasteiger partial charge in [0.1, 0.15) is 0 Å². The monoisotopic (exact) mass is 411 g/mol. The number of rotatable bonds is 4. The summed E-state index contributed by atoms with van der Waals surface area (Å²) in [6.45, 7) is 3.52. The van der Waals surface area contributed by atoms with E-state index in [0.717, 1.165) is 36.5 Å². The number of carbonyl (C=O) groups excluding carboxylic acids is 2. The lowest BCUT2D eigenvalue weighted by molar-refractivity contribution is -0.121. The van der Waals surface area contributed by atoms with Gasteiger partial charge in [0.15, 0.2) is 0 Å². The molecule has 0 atom stereocenters. The third kappa shape index (κ3) is 4.99. The lowest BCUT2D eigenvalue weighted by Gasteiger charge is -2.31. The molecule has 0 saturated carbocycles. The highest BCUT2D eigenvalue weighted by Crippen LogP contribution is 2.24. The summed E-state index contributed by atoms with van der Waals surface area (Å²) in [4.78, 5) is 30.2. The number of amides is 2. The third-order valence-corrected chi connectivity index (χ3v) is 6.85. The number of nitrogens with zero attached hydrogens (tertiary/aromatic N) is 2. The van der Waals surface area contributed by atoms with Crippen molar-refractivity contribution in [2.24, 2.45) is 5.92 Å². The standard InChI is InChI=1S/C23H29N3O2S/c27-22(18-11-15-26(16-12-18)23(28)21-6-5-17-29-21)24-19-7-9-20(10-8-19)25-13-3-1-2-4-14-25/h5-10,17-18H,1-4,11-16H2,(H,24,27). The van der Waals surface area contributed by atoms with Crippen molar-refractivity contribution in [3.8, 4) is 0 Å². The summed E-state index contributed by atoms with van der Waals surface area (Å²) in [6, 6.07) is 12.0. The molecule has 4 rings (SSSR count). The molecule has 2 fully saturated rings. The molecular weight excluding hydrogens is 382 g/mol. The van der Waals surface area contributed by atoms with Crippen LogP contribution in [0.3, 0.4) is 0 Å². The van der Waals surface area contributed by atoms with Crippen LogP contribution in [0.1, 0.15) is 48.2 Å². The van der Waals surface area contributed by atoms with Crippen molar-refractivity contribution in [3.63, 3.8) is 0 Å². The maximum absolute atomic E-state index is 12.7. The van der Waals surface area contributed by atoms with Gasteiger partial charge in [-0.1, -0.05) is 18.9 Å². The Hall–Kier alpha value is -2.34. The van der Waals surface area contributed by atoms with Crippen molar-refractivity contribution in [2.75, 3.05) is 36.4 Å². The number of likely N-dealkylation sites (tertiary alicyclic amines) is 1. The fourth-order valence-electron chi connectivity index (χ4n) is 4.23. The van der Waals surface area contributed by atoms with E-state index in [-0.39, 0.29) is 17.7 Å². The van der Waals surface area contributed by atoms with Crippen LogP contribution in [-0.4, -0.2) is 42.9 Å². The number of piperidine rings is 1. The Morgan fingerprint density at radius 3 is 2.21 bits per heavy atom. The molecule has 2 aliphatic heterocycles. The zero-order valence-electron chi connectivity index (χ0n) is 16.8. The topological polar surface area (TPSA) is 52.7 Å². The molecule has 2 saturated heterocycles. The van der Waals surface area contributed by atoms with Crippen molar-refractivity contribution in [1.82, 2.24) is 4.90 Å². The summed E-state index contributed by atoms with van der Waals surface area (Å²) in [5.74, 6) is 0.117. The minimum absolute atomic E-state index is 0.0346. The average Bonchev–Trinajstić information content (AvgIpc) is 3.16. The van der Waals surface area contributed by atoms with Crippen LogP contribution < -0.4 is 10.2 Å². The average molecular weight is 412 g/mol. The van der Waals surface area contributed by atoms with Crippen LogP contribution >= 0.6 is 11.3 Å². The summed E-state index contributed by atoms with van der Waals surface area (Å²) in [5, 5.41) is 4.99. The molecular formula is C23H29N3O2S. The second kappa shape index (κ2) is 9.44. The second-order valence-corrected chi connectivity index (χ2v) is 8.93. The van der Waals surface area contributed by atoms with E-state index in [2.05, 4.69) is 22.3 Å². The zero-order chi connectivity index (χ0) is 20.1. The van der Waals surface area contributed by atoms with Gasteiger partial charge in [-0.25, -0.2) is 0 Å². The van der Waals surface area contributed by atoms with Gasteiger partial charge in [0, 0.05) is 43.5 Å². The highest BCUT2D eigenvalue weighted by atomic mass is 32.1. The number of nitrogens with one attached hydrogen (secondary N) is 1. The Morgan fingerprint density at radius 1 is 0.897 bits per heavy atom. The maximum Gasteiger partial charge on any atom is 0.263 e. The molecule has 2 amide bonds. The summed E-state index contributed by atoms with van der Waals surface area (Å²) >= 11 is 1.47. The van der Waals surface area contributed by atoms with Crippen LogP contribution in [0.5, 0.6) is 0 Å². The Labute approximate surface area is 176 Å². The first kappa shape index (κ1) is 20.0. The molecule has 0 aliphatic carbocycles. The van der Waals surface area contributed by atoms with Gasteiger partial charge < -0.3 is 15.1 Å². The molecule has 6 heteroatoms. The largest absolute Gasteiger partial charge is 0.372 e. The fourth-order valence-corrected chi connectivity index (χ4v) is 4.92. The number of hydrogen-bond acceptors (Lipinski definition) is 4. The molecule has 2 aromatic rings. The quantitative estimate of drug-likeness (QED) is 0.799. The first-order valence-corrected chi connectivity index (χ1v) is 11.6. The SMILES string of the molecule is O=C(Nc1ccc(N2CCCCCC2)cc1)C1CCN(C(=O)c2cccs2)CC1. The van der Waals surface area contributed by atoms with Crippen molar-refractivity contribution in [1.29, 1.82) is 0 Å². The van der Waals surface area contributed by atoms with E-state index < -0.39 is 0 Å². The van der Waals surface area contributed by atoms with E-state index in [9.17, 15) is 9.59 Å². The smallest absolute Gasteiger partial charge is 0.263 e. The van der Waals surface area contributed by atoms with Gasteiger partial charge in [0.05, 0.1) is 4.88 Å². The van der Waals surface area contributed by atoms with Crippen molar-refractivity contribution >= 4 is 34.5 Å². The highest BCUT2D eigenvalue weighted by Gasteiger charge is 2.28. The molecule has 0 bridgehead atoms. The minimum atomic E-state index is -0.0346. The first-order valence-electron chi connectivity index (χ1n) is 10.7. The predicted molar refractivity (Wildman–Crippen MR) is 119 cm³/mol. The molecule has 5 nitrogen and oxygen atoms in total. The minimum Gasteiger partial charge on any atom is -0.372 e. The van der Waals surface area contributed by atoms with Crippen LogP contribution in [0.25, 0.3) is 0 Å². The number of carbonyl (C=O) groups is 2. The Bertz CT molecular complexity index is 803. The van der Waals surface area contributed by atoms with Crippen LogP contribution in [0.15, 0.2) is 41.8 Å². The van der Waals surface area contributed by atoms with Gasteiger partial charge in [-0.2, -0.15) is 0 Å². The second-order valence-electron chi connectivity index (χ2n) is 7.98. The summed E-state index contributed by atoms with van der Waals surface area (Å²) < 4.78 is 0. The van der Waals surface area contributed by atoms with Crippen LogP contribution in [0.4, 0.5) is 11.4 Å². The maximum atomic E-state index is 12.7. The lowest BCUT2D eigenvalue weighted by atomic mass is 9.95. The number of hydrogen-bond donors (Lipinski definition) is 1. The van der Waals surface area contributed by atoms with Crippen LogP contribution in [0.2, 0.25) is 0 Å². The number of anilines is 2. The van der Waals surface area contributed by atoms with Crippen molar-refractivity contribution < 1.29 is 9.59 Å². The molecule has 0 spiro atoms. The van der Waals surface area contributed by atoms with Gasteiger partial charge in [-0.3, -0.25) is 9.59 Å². The molecule has 29 heavy (non-hydrogen) atoms. The van der Waals surface area contributed by atoms with E-state index in [1.165, 1.54) is 42.7 Å². The number of thiophene rings is 1. The predicted octanol–water partition coefficient (Wildman–Crippen LogP) is 4.62. The Morgan fingerprint density at radius 2 is 1.59 bits per heavy atom. The number of benzene rings is 1. The van der Waals surface area contributed by atoms with Crippen molar-refractivity contribution in [3.05, 3.63) is 46.7 Å². The van der Waals surface area contributed by atoms with Crippen molar-refractivity contribution in [2.45, 2.75) is 38.5 Å². The third-order valence-electron chi connectivity index (χ3n) is 5.99. The molecule has 2 aliphatic rings.